The van der Waals surface area contributed by atoms with E-state index < -0.39 is 0 Å². The van der Waals surface area contributed by atoms with Gasteiger partial charge in [-0.2, -0.15) is 0 Å². The first-order valence-electron chi connectivity index (χ1n) is 9.44. The minimum Gasteiger partial charge on any atom is -0.474 e. The summed E-state index contributed by atoms with van der Waals surface area (Å²) < 4.78 is 7.43. The van der Waals surface area contributed by atoms with E-state index in [-0.39, 0.29) is 36.2 Å². The number of hydrogen-bond donors (Lipinski definition) is 0. The monoisotopic (exact) mass is 368 g/mol. The largest absolute Gasteiger partial charge is 0.474 e. The zero-order chi connectivity index (χ0) is 19.0. The molecule has 2 atom stereocenters. The zero-order valence-electron chi connectivity index (χ0n) is 15.7. The number of ether oxygens (including phenoxy) is 1. The van der Waals surface area contributed by atoms with Gasteiger partial charge in [0, 0.05) is 48.4 Å². The molecule has 2 aromatic rings. The molecule has 2 aliphatic heterocycles. The number of carbonyl (C=O) groups is 1. The first-order chi connectivity index (χ1) is 13.0. The van der Waals surface area contributed by atoms with Crippen molar-refractivity contribution in [3.63, 3.8) is 0 Å². The SMILES string of the molecule is Cc1ncn(CC(=O)N2C3CCC2CC(Oc2ccccn2)C3)c(=O)c1C. The molecule has 2 unspecified atom stereocenters. The summed E-state index contributed by atoms with van der Waals surface area (Å²) >= 11 is 0. The van der Waals surface area contributed by atoms with Gasteiger partial charge in [0.25, 0.3) is 5.56 Å². The van der Waals surface area contributed by atoms with Crippen molar-refractivity contribution in [2.45, 2.75) is 64.3 Å². The molecule has 7 nitrogen and oxygen atoms in total. The molecule has 2 bridgehead atoms. The second-order valence-electron chi connectivity index (χ2n) is 7.45. The van der Waals surface area contributed by atoms with Gasteiger partial charge in [-0.3, -0.25) is 14.2 Å². The maximum Gasteiger partial charge on any atom is 0.256 e. The average Bonchev–Trinajstić information content (AvgIpc) is 2.94. The van der Waals surface area contributed by atoms with Crippen molar-refractivity contribution >= 4 is 5.91 Å². The lowest BCUT2D eigenvalue weighted by Crippen LogP contribution is -2.50. The van der Waals surface area contributed by atoms with E-state index >= 15 is 0 Å². The lowest BCUT2D eigenvalue weighted by Gasteiger charge is -2.38. The van der Waals surface area contributed by atoms with E-state index in [9.17, 15) is 9.59 Å². The van der Waals surface area contributed by atoms with Gasteiger partial charge in [-0.15, -0.1) is 0 Å². The summed E-state index contributed by atoms with van der Waals surface area (Å²) in [6.45, 7) is 3.59. The molecule has 7 heteroatoms. The van der Waals surface area contributed by atoms with Gasteiger partial charge in [0.05, 0.1) is 6.33 Å². The van der Waals surface area contributed by atoms with Gasteiger partial charge >= 0.3 is 0 Å². The molecule has 0 spiro atoms. The number of hydrogen-bond acceptors (Lipinski definition) is 5. The van der Waals surface area contributed by atoms with E-state index in [2.05, 4.69) is 9.97 Å². The number of amides is 1. The highest BCUT2D eigenvalue weighted by Gasteiger charge is 2.44. The number of nitrogens with zero attached hydrogens (tertiary/aromatic N) is 4. The molecule has 0 aromatic carbocycles. The Balaban J connectivity index is 1.44. The van der Waals surface area contributed by atoms with Crippen LogP contribution >= 0.6 is 0 Å². The van der Waals surface area contributed by atoms with Gasteiger partial charge in [0.1, 0.15) is 12.6 Å². The van der Waals surface area contributed by atoms with Crippen LogP contribution in [0.3, 0.4) is 0 Å². The van der Waals surface area contributed by atoms with Gasteiger partial charge in [0.2, 0.25) is 11.8 Å². The molecule has 0 aliphatic carbocycles. The number of carbonyl (C=O) groups excluding carboxylic acids is 1. The fourth-order valence-electron chi connectivity index (χ4n) is 4.23. The van der Waals surface area contributed by atoms with Gasteiger partial charge in [-0.25, -0.2) is 9.97 Å². The molecule has 2 aliphatic rings. The van der Waals surface area contributed by atoms with Crippen LogP contribution in [-0.4, -0.2) is 43.5 Å². The highest BCUT2D eigenvalue weighted by atomic mass is 16.5. The Bertz CT molecular complexity index is 882. The summed E-state index contributed by atoms with van der Waals surface area (Å²) in [4.78, 5) is 35.7. The van der Waals surface area contributed by atoms with Crippen molar-refractivity contribution in [2.24, 2.45) is 0 Å². The van der Waals surface area contributed by atoms with Crippen molar-refractivity contribution in [3.05, 3.63) is 52.3 Å². The minimum absolute atomic E-state index is 0.00839. The molecule has 4 rings (SSSR count). The second kappa shape index (κ2) is 7.13. The Morgan fingerprint density at radius 2 is 1.93 bits per heavy atom. The number of piperidine rings is 1. The van der Waals surface area contributed by atoms with E-state index in [1.165, 1.54) is 10.9 Å². The Kier molecular flexibility index (Phi) is 4.68. The normalized spacial score (nSPS) is 24.1. The standard InChI is InChI=1S/C20H24N4O3/c1-13-14(2)22-12-23(20(13)26)11-19(25)24-15-6-7-16(24)10-17(9-15)27-18-5-3-4-8-21-18/h3-5,8,12,15-17H,6-7,9-11H2,1-2H3. The summed E-state index contributed by atoms with van der Waals surface area (Å²) in [5.41, 5.74) is 1.16. The molecule has 142 valence electrons. The number of aryl methyl sites for hydroxylation is 1. The Morgan fingerprint density at radius 3 is 2.59 bits per heavy atom. The summed E-state index contributed by atoms with van der Waals surface area (Å²) in [5.74, 6) is 0.625. The van der Waals surface area contributed by atoms with Gasteiger partial charge < -0.3 is 9.64 Å². The summed E-state index contributed by atoms with van der Waals surface area (Å²) in [5, 5.41) is 0. The average molecular weight is 368 g/mol. The van der Waals surface area contributed by atoms with E-state index in [0.29, 0.717) is 17.1 Å². The number of aromatic nitrogens is 3. The molecule has 0 radical (unpaired) electrons. The zero-order valence-corrected chi connectivity index (χ0v) is 15.7. The van der Waals surface area contributed by atoms with Crippen LogP contribution in [0.4, 0.5) is 0 Å². The molecule has 27 heavy (non-hydrogen) atoms. The van der Waals surface area contributed by atoms with Crippen molar-refractivity contribution in [2.75, 3.05) is 0 Å². The Labute approximate surface area is 158 Å². The molecule has 4 heterocycles. The van der Waals surface area contributed by atoms with Gasteiger partial charge in [-0.1, -0.05) is 6.07 Å². The predicted octanol–water partition coefficient (Wildman–Crippen LogP) is 1.86. The lowest BCUT2D eigenvalue weighted by molar-refractivity contribution is -0.137. The highest BCUT2D eigenvalue weighted by Crippen LogP contribution is 2.37. The molecule has 0 N–H and O–H groups in total. The third kappa shape index (κ3) is 3.46. The number of fused-ring (bicyclic) bond motifs is 2. The fraction of sp³-hybridized carbons (Fsp3) is 0.500. The van der Waals surface area contributed by atoms with Crippen LogP contribution in [-0.2, 0) is 11.3 Å². The van der Waals surface area contributed by atoms with Crippen molar-refractivity contribution in [1.82, 2.24) is 19.4 Å². The maximum atomic E-state index is 12.9. The van der Waals surface area contributed by atoms with Crippen LogP contribution in [0.25, 0.3) is 0 Å². The topological polar surface area (TPSA) is 77.3 Å². The quantitative estimate of drug-likeness (QED) is 0.823. The first kappa shape index (κ1) is 17.7. The van der Waals surface area contributed by atoms with E-state index in [0.717, 1.165) is 25.7 Å². The molecule has 2 aromatic heterocycles. The third-order valence-corrected chi connectivity index (χ3v) is 5.72. The van der Waals surface area contributed by atoms with Crippen LogP contribution < -0.4 is 10.3 Å². The summed E-state index contributed by atoms with van der Waals surface area (Å²) in [7, 11) is 0. The van der Waals surface area contributed by atoms with E-state index in [4.69, 9.17) is 4.74 Å². The van der Waals surface area contributed by atoms with Crippen LogP contribution in [0, 0.1) is 13.8 Å². The van der Waals surface area contributed by atoms with E-state index in [1.807, 2.05) is 23.1 Å². The van der Waals surface area contributed by atoms with Gasteiger partial charge in [0.15, 0.2) is 0 Å². The van der Waals surface area contributed by atoms with Crippen LogP contribution in [0.15, 0.2) is 35.5 Å². The second-order valence-corrected chi connectivity index (χ2v) is 7.45. The smallest absolute Gasteiger partial charge is 0.256 e. The van der Waals surface area contributed by atoms with Crippen LogP contribution in [0.1, 0.15) is 36.9 Å². The predicted molar refractivity (Wildman–Crippen MR) is 99.5 cm³/mol. The first-order valence-corrected chi connectivity index (χ1v) is 9.44. The van der Waals surface area contributed by atoms with Crippen molar-refractivity contribution in [3.8, 4) is 5.88 Å². The number of rotatable bonds is 4. The fourth-order valence-corrected chi connectivity index (χ4v) is 4.23. The van der Waals surface area contributed by atoms with Crippen molar-refractivity contribution in [1.29, 1.82) is 0 Å². The number of pyridine rings is 1. The Morgan fingerprint density at radius 1 is 1.19 bits per heavy atom. The Hall–Kier alpha value is -2.70. The molecular weight excluding hydrogens is 344 g/mol. The molecule has 0 saturated carbocycles. The van der Waals surface area contributed by atoms with Crippen LogP contribution in [0.5, 0.6) is 5.88 Å². The van der Waals surface area contributed by atoms with Crippen LogP contribution in [0.2, 0.25) is 0 Å². The molecular formula is C20H24N4O3. The minimum atomic E-state index is -0.142. The van der Waals surface area contributed by atoms with E-state index in [1.54, 1.807) is 20.0 Å². The molecule has 2 fully saturated rings. The third-order valence-electron chi connectivity index (χ3n) is 5.72. The summed E-state index contributed by atoms with van der Waals surface area (Å²) in [6.07, 6.45) is 6.85. The highest BCUT2D eigenvalue weighted by molar-refractivity contribution is 5.77. The summed E-state index contributed by atoms with van der Waals surface area (Å²) in [6, 6.07) is 5.96. The maximum absolute atomic E-state index is 12.9. The molecule has 1 amide bonds. The molecule has 2 saturated heterocycles. The lowest BCUT2D eigenvalue weighted by atomic mass is 9.99. The van der Waals surface area contributed by atoms with Crippen molar-refractivity contribution < 1.29 is 9.53 Å². The van der Waals surface area contributed by atoms with Gasteiger partial charge in [-0.05, 0) is 32.8 Å².